The van der Waals surface area contributed by atoms with E-state index in [9.17, 15) is 32.9 Å². The van der Waals surface area contributed by atoms with Gasteiger partial charge in [0.15, 0.2) is 18.1 Å². The van der Waals surface area contributed by atoms with Gasteiger partial charge in [0, 0.05) is 24.7 Å². The normalized spacial score (nSPS) is 10.9. The van der Waals surface area contributed by atoms with Crippen molar-refractivity contribution < 1.29 is 41.9 Å². The molecule has 0 spiro atoms. The third kappa shape index (κ3) is 6.63. The lowest BCUT2D eigenvalue weighted by molar-refractivity contribution is -0.384. The molecular formula is C20H21F3N4O7. The Hall–Kier alpha value is -4.23. The molecule has 0 unspecified atom stereocenters. The number of nitrogens with zero attached hydrogens (tertiary/aromatic N) is 1. The molecule has 0 aliphatic carbocycles. The summed E-state index contributed by atoms with van der Waals surface area (Å²) in [6, 6.07) is 4.77. The van der Waals surface area contributed by atoms with Gasteiger partial charge in [0.1, 0.15) is 5.69 Å². The van der Waals surface area contributed by atoms with Crippen molar-refractivity contribution in [2.75, 3.05) is 39.2 Å². The van der Waals surface area contributed by atoms with Crippen LogP contribution < -0.4 is 30.6 Å². The summed E-state index contributed by atoms with van der Waals surface area (Å²) in [5.74, 6) is -1.03. The average Bonchev–Trinajstić information content (AvgIpc) is 2.78. The van der Waals surface area contributed by atoms with Crippen LogP contribution in [0.25, 0.3) is 0 Å². The van der Waals surface area contributed by atoms with E-state index in [-0.39, 0.29) is 41.6 Å². The van der Waals surface area contributed by atoms with Crippen LogP contribution in [0.3, 0.4) is 0 Å². The Morgan fingerprint density at radius 1 is 1.09 bits per heavy atom. The van der Waals surface area contributed by atoms with Crippen LogP contribution in [-0.4, -0.2) is 50.7 Å². The van der Waals surface area contributed by atoms with E-state index in [1.165, 1.54) is 26.4 Å². The van der Waals surface area contributed by atoms with Crippen LogP contribution in [0.5, 0.6) is 17.2 Å². The Kier molecular flexibility index (Phi) is 8.47. The maximum Gasteiger partial charge on any atom is 0.416 e. The minimum atomic E-state index is -4.72. The third-order valence-corrected chi connectivity index (χ3v) is 4.33. The Morgan fingerprint density at radius 2 is 1.71 bits per heavy atom. The number of benzene rings is 2. The predicted molar refractivity (Wildman–Crippen MR) is 113 cm³/mol. The van der Waals surface area contributed by atoms with Crippen molar-refractivity contribution in [1.29, 1.82) is 0 Å². The monoisotopic (exact) mass is 486 g/mol. The van der Waals surface area contributed by atoms with E-state index < -0.39 is 40.8 Å². The number of amides is 2. The van der Waals surface area contributed by atoms with Crippen LogP contribution in [0.15, 0.2) is 30.3 Å². The number of methoxy groups -OCH3 is 2. The minimum Gasteiger partial charge on any atom is -0.493 e. The number of nitro groups is 1. The lowest BCUT2D eigenvalue weighted by Gasteiger charge is -2.15. The first kappa shape index (κ1) is 26.0. The van der Waals surface area contributed by atoms with Crippen molar-refractivity contribution >= 4 is 23.2 Å². The summed E-state index contributed by atoms with van der Waals surface area (Å²) in [7, 11) is 2.63. The highest BCUT2D eigenvalue weighted by Gasteiger charge is 2.33. The summed E-state index contributed by atoms with van der Waals surface area (Å²) in [5, 5.41) is 16.3. The number of nitrogens with two attached hydrogens (primary N) is 1. The van der Waals surface area contributed by atoms with Crippen molar-refractivity contribution in [3.63, 3.8) is 0 Å². The number of rotatable bonds is 11. The van der Waals surface area contributed by atoms with Gasteiger partial charge in [0.2, 0.25) is 5.75 Å². The number of carbonyl (C=O) groups excluding carboxylic acids is 2. The maximum absolute atomic E-state index is 12.8. The number of nitrogens with one attached hydrogen (secondary N) is 2. The highest BCUT2D eigenvalue weighted by Crippen LogP contribution is 2.38. The van der Waals surface area contributed by atoms with Crippen LogP contribution in [0.2, 0.25) is 0 Å². The highest BCUT2D eigenvalue weighted by molar-refractivity contribution is 5.95. The SMILES string of the molecule is COc1cc(C(=O)NCCNc2ccc(C(F)(F)F)cc2[N+](=O)[O-])cc(OC)c1OCC(N)=O. The average molecular weight is 486 g/mol. The zero-order chi connectivity index (χ0) is 25.5. The van der Waals surface area contributed by atoms with E-state index in [1.54, 1.807) is 0 Å². The summed E-state index contributed by atoms with van der Waals surface area (Å²) in [6.07, 6.45) is -4.72. The summed E-state index contributed by atoms with van der Waals surface area (Å²) in [6.45, 7) is -0.492. The van der Waals surface area contributed by atoms with E-state index >= 15 is 0 Å². The second-order valence-electron chi connectivity index (χ2n) is 6.63. The summed E-state index contributed by atoms with van der Waals surface area (Å²) < 4.78 is 54.0. The zero-order valence-electron chi connectivity index (χ0n) is 18.0. The molecule has 14 heteroatoms. The smallest absolute Gasteiger partial charge is 0.416 e. The first-order chi connectivity index (χ1) is 16.0. The van der Waals surface area contributed by atoms with Crippen LogP contribution in [0, 0.1) is 10.1 Å². The van der Waals surface area contributed by atoms with Gasteiger partial charge in [-0.2, -0.15) is 13.2 Å². The quantitative estimate of drug-likeness (QED) is 0.248. The van der Waals surface area contributed by atoms with Crippen molar-refractivity contribution in [3.05, 3.63) is 51.6 Å². The molecule has 11 nitrogen and oxygen atoms in total. The van der Waals surface area contributed by atoms with Crippen LogP contribution in [-0.2, 0) is 11.0 Å². The second kappa shape index (κ2) is 11.1. The molecule has 0 atom stereocenters. The molecule has 0 bridgehead atoms. The summed E-state index contributed by atoms with van der Waals surface area (Å²) in [5.41, 5.74) is 3.14. The molecule has 0 radical (unpaired) electrons. The fraction of sp³-hybridized carbons (Fsp3) is 0.300. The van der Waals surface area contributed by atoms with Gasteiger partial charge in [-0.1, -0.05) is 0 Å². The Balaban J connectivity index is 2.07. The van der Waals surface area contributed by atoms with Gasteiger partial charge in [-0.3, -0.25) is 19.7 Å². The highest BCUT2D eigenvalue weighted by atomic mass is 19.4. The number of alkyl halides is 3. The lowest BCUT2D eigenvalue weighted by Crippen LogP contribution is -2.29. The molecular weight excluding hydrogens is 465 g/mol. The molecule has 2 aromatic rings. The minimum absolute atomic E-state index is 0.0218. The number of halogens is 3. The molecule has 34 heavy (non-hydrogen) atoms. The van der Waals surface area contributed by atoms with Crippen molar-refractivity contribution in [1.82, 2.24) is 5.32 Å². The lowest BCUT2D eigenvalue weighted by atomic mass is 10.1. The van der Waals surface area contributed by atoms with Gasteiger partial charge < -0.3 is 30.6 Å². The zero-order valence-corrected chi connectivity index (χ0v) is 18.0. The van der Waals surface area contributed by atoms with Crippen LogP contribution in [0.4, 0.5) is 24.5 Å². The van der Waals surface area contributed by atoms with Gasteiger partial charge in [-0.05, 0) is 24.3 Å². The second-order valence-corrected chi connectivity index (χ2v) is 6.63. The van der Waals surface area contributed by atoms with E-state index in [2.05, 4.69) is 10.6 Å². The van der Waals surface area contributed by atoms with Gasteiger partial charge in [0.05, 0.1) is 24.7 Å². The molecule has 2 aromatic carbocycles. The molecule has 0 fully saturated rings. The maximum atomic E-state index is 12.8. The molecule has 0 aliphatic rings. The number of primary amides is 1. The molecule has 0 heterocycles. The van der Waals surface area contributed by atoms with Gasteiger partial charge in [-0.25, -0.2) is 0 Å². The van der Waals surface area contributed by atoms with Crippen molar-refractivity contribution in [2.24, 2.45) is 5.73 Å². The molecule has 2 amide bonds. The fourth-order valence-corrected chi connectivity index (χ4v) is 2.78. The first-order valence-corrected chi connectivity index (χ1v) is 9.52. The fourth-order valence-electron chi connectivity index (χ4n) is 2.78. The summed E-state index contributed by atoms with van der Waals surface area (Å²) in [4.78, 5) is 33.7. The summed E-state index contributed by atoms with van der Waals surface area (Å²) >= 11 is 0. The van der Waals surface area contributed by atoms with Crippen molar-refractivity contribution in [2.45, 2.75) is 6.18 Å². The predicted octanol–water partition coefficient (Wildman–Crippen LogP) is 2.34. The molecule has 0 saturated carbocycles. The first-order valence-electron chi connectivity index (χ1n) is 9.52. The number of nitro benzene ring substituents is 1. The van der Waals surface area contributed by atoms with E-state index in [4.69, 9.17) is 19.9 Å². The molecule has 2 rings (SSSR count). The topological polar surface area (TPSA) is 155 Å². The number of hydrogen-bond donors (Lipinski definition) is 3. The van der Waals surface area contributed by atoms with Gasteiger partial charge in [0.25, 0.3) is 17.5 Å². The van der Waals surface area contributed by atoms with Crippen LogP contribution >= 0.6 is 0 Å². The number of carbonyl (C=O) groups is 2. The molecule has 0 aliphatic heterocycles. The van der Waals surface area contributed by atoms with E-state index in [0.29, 0.717) is 12.1 Å². The number of anilines is 1. The Labute approximate surface area is 191 Å². The van der Waals surface area contributed by atoms with E-state index in [0.717, 1.165) is 6.07 Å². The van der Waals surface area contributed by atoms with Gasteiger partial charge >= 0.3 is 6.18 Å². The molecule has 184 valence electrons. The van der Waals surface area contributed by atoms with Crippen molar-refractivity contribution in [3.8, 4) is 17.2 Å². The largest absolute Gasteiger partial charge is 0.493 e. The Morgan fingerprint density at radius 3 is 2.21 bits per heavy atom. The van der Waals surface area contributed by atoms with E-state index in [1.807, 2.05) is 0 Å². The number of ether oxygens (including phenoxy) is 3. The molecule has 0 saturated heterocycles. The Bertz CT molecular complexity index is 1050. The third-order valence-electron chi connectivity index (χ3n) is 4.33. The standard InChI is InChI=1S/C20H21F3N4O7/c1-32-15-7-11(8-16(33-2)18(15)34-10-17(24)28)19(29)26-6-5-25-13-4-3-12(20(21,22)23)9-14(13)27(30)31/h3-4,7-9,25H,5-6,10H2,1-2H3,(H2,24,28)(H,26,29). The van der Waals surface area contributed by atoms with Crippen LogP contribution in [0.1, 0.15) is 15.9 Å². The molecule has 4 N–H and O–H groups in total. The van der Waals surface area contributed by atoms with Gasteiger partial charge in [-0.15, -0.1) is 0 Å². The number of hydrogen-bond acceptors (Lipinski definition) is 8. The molecule has 0 aromatic heterocycles.